The summed E-state index contributed by atoms with van der Waals surface area (Å²) in [6.07, 6.45) is 1.20. The number of rotatable bonds is 4. The zero-order chi connectivity index (χ0) is 21.1. The molecule has 30 heavy (non-hydrogen) atoms. The van der Waals surface area contributed by atoms with E-state index in [9.17, 15) is 14.0 Å². The van der Waals surface area contributed by atoms with Crippen molar-refractivity contribution in [3.05, 3.63) is 87.6 Å². The van der Waals surface area contributed by atoms with Gasteiger partial charge < -0.3 is 5.32 Å². The zero-order valence-corrected chi connectivity index (χ0v) is 17.9. The van der Waals surface area contributed by atoms with Crippen molar-refractivity contribution < 1.29 is 9.18 Å². The number of aryl methyl sites for hydroxylation is 1. The number of thioether (sulfide) groups is 2. The second-order valence-corrected chi connectivity index (χ2v) is 9.59. The van der Waals surface area contributed by atoms with Crippen LogP contribution < -0.4 is 10.7 Å². The monoisotopic (exact) mass is 441 g/mol. The molecule has 1 aromatic heterocycles. The molecule has 0 unspecified atom stereocenters. The summed E-state index contributed by atoms with van der Waals surface area (Å²) in [6.45, 7) is 1.64. The largest absolute Gasteiger partial charge is 0.320 e. The molecule has 1 aliphatic rings. The van der Waals surface area contributed by atoms with Gasteiger partial charge in [-0.25, -0.2) is 9.07 Å². The summed E-state index contributed by atoms with van der Waals surface area (Å²) in [5, 5.41) is 6.92. The molecule has 2 heterocycles. The maximum Gasteiger partial charge on any atom is 0.280 e. The number of amides is 1. The minimum absolute atomic E-state index is 0.178. The van der Waals surface area contributed by atoms with Gasteiger partial charge in [-0.2, -0.15) is 5.10 Å². The summed E-state index contributed by atoms with van der Waals surface area (Å²) < 4.78 is 15.8. The number of para-hydroxylation sites is 1. The number of hydrogen-bond acceptors (Lipinski definition) is 5. The standard InChI is InChI=1S/C22H20FN3O2S2/c1-14-12-19(27)20(25-26(14)18-9-3-2-8-17(18)23)21(28)24-16-7-4-6-15(13-16)22-29-10-5-11-30-22/h2-4,6-9,12-13,22H,5,10-11H2,1H3,(H,24,28). The van der Waals surface area contributed by atoms with Crippen molar-refractivity contribution in [2.75, 3.05) is 16.8 Å². The molecule has 1 aliphatic heterocycles. The Morgan fingerprint density at radius 1 is 1.13 bits per heavy atom. The molecule has 0 atom stereocenters. The maximum absolute atomic E-state index is 14.2. The second kappa shape index (κ2) is 9.06. The van der Waals surface area contributed by atoms with E-state index in [0.717, 1.165) is 17.1 Å². The van der Waals surface area contributed by atoms with Crippen LogP contribution in [0.25, 0.3) is 5.69 Å². The number of carbonyl (C=O) groups is 1. The minimum Gasteiger partial charge on any atom is -0.320 e. The molecule has 1 saturated heterocycles. The van der Waals surface area contributed by atoms with Gasteiger partial charge in [0.05, 0.1) is 4.58 Å². The third kappa shape index (κ3) is 4.44. The van der Waals surface area contributed by atoms with E-state index in [2.05, 4.69) is 10.4 Å². The molecule has 1 fully saturated rings. The third-order valence-corrected chi connectivity index (χ3v) is 7.66. The molecular formula is C22H20FN3O2S2. The number of anilines is 1. The summed E-state index contributed by atoms with van der Waals surface area (Å²) in [5.41, 5.74) is 1.56. The average molecular weight is 442 g/mol. The molecule has 0 radical (unpaired) electrons. The Kier molecular flexibility index (Phi) is 6.24. The fourth-order valence-corrected chi connectivity index (χ4v) is 6.08. The Hall–Kier alpha value is -2.58. The molecule has 0 aliphatic carbocycles. The predicted molar refractivity (Wildman–Crippen MR) is 121 cm³/mol. The van der Waals surface area contributed by atoms with Gasteiger partial charge in [0.15, 0.2) is 5.69 Å². The first-order chi connectivity index (χ1) is 14.5. The second-order valence-electron chi connectivity index (χ2n) is 6.87. The summed E-state index contributed by atoms with van der Waals surface area (Å²) in [6, 6.07) is 15.0. The molecule has 4 rings (SSSR count). The van der Waals surface area contributed by atoms with Crippen LogP contribution in [0, 0.1) is 12.7 Å². The van der Waals surface area contributed by atoms with E-state index in [4.69, 9.17) is 0 Å². The molecule has 0 bridgehead atoms. The summed E-state index contributed by atoms with van der Waals surface area (Å²) in [4.78, 5) is 25.2. The van der Waals surface area contributed by atoms with Gasteiger partial charge in [0.25, 0.3) is 5.91 Å². The Bertz CT molecular complexity index is 1140. The van der Waals surface area contributed by atoms with Crippen LogP contribution in [0.5, 0.6) is 0 Å². The van der Waals surface area contributed by atoms with Crippen molar-refractivity contribution in [3.63, 3.8) is 0 Å². The number of nitrogens with one attached hydrogen (secondary N) is 1. The Labute approximate surface area is 182 Å². The van der Waals surface area contributed by atoms with Crippen LogP contribution in [0.3, 0.4) is 0 Å². The highest BCUT2D eigenvalue weighted by Crippen LogP contribution is 2.44. The van der Waals surface area contributed by atoms with E-state index >= 15 is 0 Å². The first kappa shape index (κ1) is 20.7. The minimum atomic E-state index is -0.619. The maximum atomic E-state index is 14.2. The highest BCUT2D eigenvalue weighted by molar-refractivity contribution is 8.16. The predicted octanol–water partition coefficient (Wildman–Crippen LogP) is 4.80. The van der Waals surface area contributed by atoms with Gasteiger partial charge in [0, 0.05) is 17.4 Å². The molecule has 2 aromatic carbocycles. The first-order valence-electron chi connectivity index (χ1n) is 9.53. The van der Waals surface area contributed by atoms with Crippen molar-refractivity contribution in [1.29, 1.82) is 0 Å². The zero-order valence-electron chi connectivity index (χ0n) is 16.3. The third-order valence-electron chi connectivity index (χ3n) is 4.65. The van der Waals surface area contributed by atoms with E-state index in [1.54, 1.807) is 31.2 Å². The fourth-order valence-electron chi connectivity index (χ4n) is 3.21. The Balaban J connectivity index is 1.62. The summed E-state index contributed by atoms with van der Waals surface area (Å²) in [7, 11) is 0. The van der Waals surface area contributed by atoms with E-state index in [1.807, 2.05) is 41.7 Å². The number of carbonyl (C=O) groups excluding carboxylic acids is 1. The van der Waals surface area contributed by atoms with Crippen LogP contribution in [0.2, 0.25) is 0 Å². The van der Waals surface area contributed by atoms with Crippen molar-refractivity contribution in [2.45, 2.75) is 17.9 Å². The molecule has 5 nitrogen and oxygen atoms in total. The van der Waals surface area contributed by atoms with Crippen LogP contribution >= 0.6 is 23.5 Å². The van der Waals surface area contributed by atoms with E-state index in [0.29, 0.717) is 16.0 Å². The van der Waals surface area contributed by atoms with Gasteiger partial charge >= 0.3 is 0 Å². The molecule has 1 N–H and O–H groups in total. The van der Waals surface area contributed by atoms with Crippen LogP contribution in [-0.4, -0.2) is 27.2 Å². The van der Waals surface area contributed by atoms with E-state index < -0.39 is 17.2 Å². The lowest BCUT2D eigenvalue weighted by Crippen LogP contribution is -2.27. The first-order valence-corrected chi connectivity index (χ1v) is 11.6. The van der Waals surface area contributed by atoms with Crippen LogP contribution in [0.15, 0.2) is 59.4 Å². The summed E-state index contributed by atoms with van der Waals surface area (Å²) >= 11 is 3.79. The molecule has 154 valence electrons. The van der Waals surface area contributed by atoms with Crippen molar-refractivity contribution >= 4 is 35.1 Å². The lowest BCUT2D eigenvalue weighted by Gasteiger charge is -2.21. The van der Waals surface area contributed by atoms with Crippen LogP contribution in [0.1, 0.15) is 32.7 Å². The van der Waals surface area contributed by atoms with Gasteiger partial charge in [-0.1, -0.05) is 24.3 Å². The highest BCUT2D eigenvalue weighted by Gasteiger charge is 2.19. The van der Waals surface area contributed by atoms with Gasteiger partial charge in [0.1, 0.15) is 11.5 Å². The molecule has 8 heteroatoms. The highest BCUT2D eigenvalue weighted by atomic mass is 32.2. The Morgan fingerprint density at radius 3 is 2.67 bits per heavy atom. The summed E-state index contributed by atoms with van der Waals surface area (Å²) in [5.74, 6) is 1.14. The van der Waals surface area contributed by atoms with E-state index in [1.165, 1.54) is 23.2 Å². The lowest BCUT2D eigenvalue weighted by molar-refractivity contribution is 0.101. The van der Waals surface area contributed by atoms with Crippen LogP contribution in [-0.2, 0) is 0 Å². The molecule has 0 saturated carbocycles. The number of hydrogen-bond donors (Lipinski definition) is 1. The molecule has 0 spiro atoms. The SMILES string of the molecule is Cc1cc(=O)c(C(=O)Nc2cccc(C3SCCCS3)c2)nn1-c1ccccc1F. The fraction of sp³-hybridized carbons (Fsp3) is 0.227. The van der Waals surface area contributed by atoms with Gasteiger partial charge in [0.2, 0.25) is 5.43 Å². The molecule has 3 aromatic rings. The van der Waals surface area contributed by atoms with Gasteiger partial charge in [-0.3, -0.25) is 9.59 Å². The van der Waals surface area contributed by atoms with Crippen molar-refractivity contribution in [3.8, 4) is 5.69 Å². The van der Waals surface area contributed by atoms with Crippen LogP contribution in [0.4, 0.5) is 10.1 Å². The smallest absolute Gasteiger partial charge is 0.280 e. The number of nitrogens with zero attached hydrogens (tertiary/aromatic N) is 2. The average Bonchev–Trinajstić information content (AvgIpc) is 2.75. The quantitative estimate of drug-likeness (QED) is 0.630. The van der Waals surface area contributed by atoms with Crippen molar-refractivity contribution in [1.82, 2.24) is 9.78 Å². The number of halogens is 1. The molecular weight excluding hydrogens is 421 g/mol. The Morgan fingerprint density at radius 2 is 1.90 bits per heavy atom. The number of aromatic nitrogens is 2. The van der Waals surface area contributed by atoms with Crippen molar-refractivity contribution in [2.24, 2.45) is 0 Å². The molecule has 1 amide bonds. The topological polar surface area (TPSA) is 64.0 Å². The lowest BCUT2D eigenvalue weighted by atomic mass is 10.2. The van der Waals surface area contributed by atoms with Gasteiger partial charge in [-0.15, -0.1) is 23.5 Å². The normalized spacial score (nSPS) is 14.5. The number of benzene rings is 2. The van der Waals surface area contributed by atoms with E-state index in [-0.39, 0.29) is 11.4 Å². The van der Waals surface area contributed by atoms with Gasteiger partial charge in [-0.05, 0) is 54.7 Å².